The predicted molar refractivity (Wildman–Crippen MR) is 176 cm³/mol. The molecule has 0 unspecified atom stereocenters. The summed E-state index contributed by atoms with van der Waals surface area (Å²) in [5.74, 6) is -1.89. The number of hydrogen-bond donors (Lipinski definition) is 2. The van der Waals surface area contributed by atoms with E-state index in [-0.39, 0.29) is 11.1 Å². The van der Waals surface area contributed by atoms with Gasteiger partial charge in [-0.1, -0.05) is 75.0 Å². The molecule has 0 heterocycles. The molecule has 0 fully saturated rings. The van der Waals surface area contributed by atoms with E-state index in [1.807, 2.05) is 0 Å². The molecular formula is C34H54NO4S2+. The van der Waals surface area contributed by atoms with Gasteiger partial charge < -0.3 is 14.7 Å². The molecule has 0 aromatic heterocycles. The molecule has 2 aromatic rings. The summed E-state index contributed by atoms with van der Waals surface area (Å²) < 4.78 is 1.44. The average molecular weight is 605 g/mol. The normalized spacial score (nSPS) is 11.1. The zero-order chi connectivity index (χ0) is 30.3. The van der Waals surface area contributed by atoms with Crippen molar-refractivity contribution in [2.45, 2.75) is 115 Å². The molecule has 7 heteroatoms. The molecule has 0 amide bonds. The van der Waals surface area contributed by atoms with Crippen LogP contribution in [0.4, 0.5) is 0 Å². The molecule has 5 nitrogen and oxygen atoms in total. The second-order valence-electron chi connectivity index (χ2n) is 10.9. The number of rotatable bonds is 21. The lowest BCUT2D eigenvalue weighted by Crippen LogP contribution is -2.50. The summed E-state index contributed by atoms with van der Waals surface area (Å²) in [4.78, 5) is 23.3. The Hall–Kier alpha value is -1.96. The number of unbranched alkanes of at least 4 members (excludes halogenated alkanes) is 8. The number of carboxylic acid groups (broad SMARTS) is 2. The number of aromatic carboxylic acids is 2. The van der Waals surface area contributed by atoms with E-state index in [2.05, 4.69) is 27.7 Å². The van der Waals surface area contributed by atoms with Crippen LogP contribution in [0.15, 0.2) is 58.3 Å². The lowest BCUT2D eigenvalue weighted by atomic mass is 10.1. The first kappa shape index (κ1) is 37.1. The van der Waals surface area contributed by atoms with E-state index in [0.717, 1.165) is 9.79 Å². The van der Waals surface area contributed by atoms with Crippen LogP contribution in [0, 0.1) is 0 Å². The topological polar surface area (TPSA) is 74.6 Å². The number of quaternary nitrogens is 1. The molecule has 0 saturated heterocycles. The van der Waals surface area contributed by atoms with Crippen LogP contribution in [0.25, 0.3) is 0 Å². The van der Waals surface area contributed by atoms with Crippen molar-refractivity contribution in [3.05, 3.63) is 59.7 Å². The molecule has 2 aromatic carbocycles. The average Bonchev–Trinajstić information content (AvgIpc) is 2.97. The van der Waals surface area contributed by atoms with Gasteiger partial charge in [0, 0.05) is 9.79 Å². The molecule has 41 heavy (non-hydrogen) atoms. The lowest BCUT2D eigenvalue weighted by molar-refractivity contribution is -0.929. The molecule has 0 aliphatic rings. The predicted octanol–water partition coefficient (Wildman–Crippen LogP) is 10.4. The number of nitrogens with zero attached hydrogens (tertiary/aromatic N) is 1. The SMILES string of the molecule is CCCCC[N+](CCCCC)(CCCCC)CCCCC.O=C(O)c1ccc(SSc2ccc(C(=O)O)cc2)cc1. The van der Waals surface area contributed by atoms with Gasteiger partial charge in [-0.25, -0.2) is 9.59 Å². The van der Waals surface area contributed by atoms with Gasteiger partial charge in [-0.15, -0.1) is 0 Å². The highest BCUT2D eigenvalue weighted by Gasteiger charge is 2.25. The summed E-state index contributed by atoms with van der Waals surface area (Å²) in [5.41, 5.74) is 0.510. The van der Waals surface area contributed by atoms with Crippen molar-refractivity contribution in [3.63, 3.8) is 0 Å². The number of benzene rings is 2. The first-order valence-corrected chi connectivity index (χ1v) is 17.8. The van der Waals surface area contributed by atoms with E-state index >= 15 is 0 Å². The highest BCUT2D eigenvalue weighted by Crippen LogP contribution is 2.37. The largest absolute Gasteiger partial charge is 0.478 e. The van der Waals surface area contributed by atoms with Gasteiger partial charge in [0.15, 0.2) is 0 Å². The Labute approximate surface area is 257 Å². The van der Waals surface area contributed by atoms with Crippen LogP contribution in [0.3, 0.4) is 0 Å². The van der Waals surface area contributed by atoms with Crippen molar-refractivity contribution < 1.29 is 24.3 Å². The van der Waals surface area contributed by atoms with E-state index in [4.69, 9.17) is 10.2 Å². The molecule has 0 aliphatic heterocycles. The van der Waals surface area contributed by atoms with Crippen molar-refractivity contribution >= 4 is 33.5 Å². The number of hydrogen-bond acceptors (Lipinski definition) is 4. The van der Waals surface area contributed by atoms with Crippen LogP contribution in [-0.4, -0.2) is 52.8 Å². The minimum Gasteiger partial charge on any atom is -0.478 e. The second kappa shape index (κ2) is 22.6. The zero-order valence-corrected chi connectivity index (χ0v) is 27.5. The summed E-state index contributed by atoms with van der Waals surface area (Å²) >= 11 is 0. The van der Waals surface area contributed by atoms with Crippen LogP contribution < -0.4 is 0 Å². The van der Waals surface area contributed by atoms with Crippen molar-refractivity contribution in [1.29, 1.82) is 0 Å². The minimum absolute atomic E-state index is 0.255. The van der Waals surface area contributed by atoms with Crippen molar-refractivity contribution in [3.8, 4) is 0 Å². The van der Waals surface area contributed by atoms with Crippen molar-refractivity contribution in [2.75, 3.05) is 26.2 Å². The molecule has 0 spiro atoms. The van der Waals surface area contributed by atoms with Crippen LogP contribution in [-0.2, 0) is 0 Å². The molecule has 0 bridgehead atoms. The van der Waals surface area contributed by atoms with E-state index in [0.29, 0.717) is 0 Å². The monoisotopic (exact) mass is 604 g/mol. The lowest BCUT2D eigenvalue weighted by Gasteiger charge is -2.39. The maximum Gasteiger partial charge on any atom is 0.335 e. The number of carboxylic acids is 2. The van der Waals surface area contributed by atoms with E-state index in [1.54, 1.807) is 48.5 Å². The third kappa shape index (κ3) is 16.3. The van der Waals surface area contributed by atoms with Gasteiger partial charge in [0.25, 0.3) is 0 Å². The van der Waals surface area contributed by atoms with Crippen LogP contribution in [0.2, 0.25) is 0 Å². The van der Waals surface area contributed by atoms with Gasteiger partial charge in [-0.2, -0.15) is 0 Å². The summed E-state index contributed by atoms with van der Waals surface area (Å²) in [6.07, 6.45) is 16.9. The summed E-state index contributed by atoms with van der Waals surface area (Å²) in [6, 6.07) is 13.2. The van der Waals surface area contributed by atoms with Gasteiger partial charge in [0.2, 0.25) is 0 Å². The van der Waals surface area contributed by atoms with Crippen molar-refractivity contribution in [2.24, 2.45) is 0 Å². The Morgan fingerprint density at radius 2 is 0.780 bits per heavy atom. The summed E-state index contributed by atoms with van der Waals surface area (Å²) in [6.45, 7) is 15.1. The highest BCUT2D eigenvalue weighted by atomic mass is 33.1. The maximum atomic E-state index is 10.7. The summed E-state index contributed by atoms with van der Waals surface area (Å²) in [7, 11) is 2.97. The molecule has 0 aliphatic carbocycles. The Bertz CT molecular complexity index is 861. The van der Waals surface area contributed by atoms with E-state index in [9.17, 15) is 9.59 Å². The third-order valence-electron chi connectivity index (χ3n) is 7.38. The fourth-order valence-corrected chi connectivity index (χ4v) is 6.79. The van der Waals surface area contributed by atoms with Gasteiger partial charge in [0.05, 0.1) is 37.3 Å². The van der Waals surface area contributed by atoms with Crippen LogP contribution in [0.5, 0.6) is 0 Å². The fraction of sp³-hybridized carbons (Fsp3) is 0.588. The Balaban J connectivity index is 0.000000410. The fourth-order valence-electron chi connectivity index (χ4n) is 4.86. The quantitative estimate of drug-likeness (QED) is 0.0839. The third-order valence-corrected chi connectivity index (χ3v) is 9.80. The second-order valence-corrected chi connectivity index (χ2v) is 13.2. The first-order chi connectivity index (χ1) is 19.8. The molecule has 2 rings (SSSR count). The van der Waals surface area contributed by atoms with Crippen LogP contribution in [0.1, 0.15) is 125 Å². The number of carbonyl (C=O) groups is 2. The molecule has 0 atom stereocenters. The molecular weight excluding hydrogens is 551 g/mol. The minimum atomic E-state index is -0.946. The Morgan fingerprint density at radius 3 is 1.00 bits per heavy atom. The van der Waals surface area contributed by atoms with Crippen LogP contribution >= 0.6 is 21.6 Å². The Kier molecular flexibility index (Phi) is 20.4. The summed E-state index contributed by atoms with van der Waals surface area (Å²) in [5, 5.41) is 17.6. The highest BCUT2D eigenvalue weighted by molar-refractivity contribution is 8.76. The first-order valence-electron chi connectivity index (χ1n) is 15.7. The molecule has 0 saturated carbocycles. The smallest absolute Gasteiger partial charge is 0.335 e. The maximum absolute atomic E-state index is 10.7. The zero-order valence-electron chi connectivity index (χ0n) is 25.9. The molecule has 230 valence electrons. The Morgan fingerprint density at radius 1 is 0.512 bits per heavy atom. The van der Waals surface area contributed by atoms with Gasteiger partial charge in [0.1, 0.15) is 0 Å². The molecule has 0 radical (unpaired) electrons. The van der Waals surface area contributed by atoms with Gasteiger partial charge >= 0.3 is 11.9 Å². The molecule has 2 N–H and O–H groups in total. The van der Waals surface area contributed by atoms with E-state index < -0.39 is 11.9 Å². The van der Waals surface area contributed by atoms with Gasteiger partial charge in [-0.3, -0.25) is 0 Å². The standard InChI is InChI=1S/C20H44N.C14H10O4S2/c1-5-9-13-17-21(18-14-10-6-2,19-15-11-7-3)20-16-12-8-4;15-13(16)9-1-5-11(6-2-9)19-20-12-7-3-10(4-8-12)14(17)18/h5-20H2,1-4H3;1-8H,(H,15,16)(H,17,18)/q+1;. The van der Waals surface area contributed by atoms with E-state index in [1.165, 1.54) is 129 Å². The van der Waals surface area contributed by atoms with Gasteiger partial charge in [-0.05, 0) is 99.9 Å². The van der Waals surface area contributed by atoms with Crippen molar-refractivity contribution in [1.82, 2.24) is 0 Å².